The minimum absolute atomic E-state index is 0.0656. The maximum Gasteiger partial charge on any atom is 0.195 e. The summed E-state index contributed by atoms with van der Waals surface area (Å²) in [6.07, 6.45) is 5.05. The Morgan fingerprint density at radius 2 is 1.62 bits per heavy atom. The van der Waals surface area contributed by atoms with Crippen molar-refractivity contribution in [2.75, 3.05) is 0 Å². The molecule has 0 fully saturated rings. The number of benzene rings is 2. The van der Waals surface area contributed by atoms with E-state index < -0.39 is 0 Å². The Hall–Kier alpha value is -3.10. The molecule has 21 heavy (non-hydrogen) atoms. The van der Waals surface area contributed by atoms with Gasteiger partial charge in [0.1, 0.15) is 0 Å². The van der Waals surface area contributed by atoms with Gasteiger partial charge in [0.25, 0.3) is 0 Å². The number of rotatable bonds is 5. The highest BCUT2D eigenvalue weighted by atomic mass is 16.1. The summed E-state index contributed by atoms with van der Waals surface area (Å²) in [4.78, 5) is 14.9. The van der Waals surface area contributed by atoms with Gasteiger partial charge in [0, 0.05) is 10.5 Å². The minimum Gasteiger partial charge on any atom is -0.289 e. The molecule has 0 N–H and O–H groups in total. The van der Waals surface area contributed by atoms with Gasteiger partial charge in [-0.25, -0.2) is 0 Å². The number of carbonyl (C=O) groups excluding carboxylic acids is 1. The van der Waals surface area contributed by atoms with Crippen LogP contribution in [-0.2, 0) is 0 Å². The molecule has 0 aliphatic carbocycles. The second-order valence-corrected chi connectivity index (χ2v) is 4.21. The van der Waals surface area contributed by atoms with Crippen molar-refractivity contribution in [2.24, 2.45) is 5.11 Å². The Morgan fingerprint density at radius 1 is 1.00 bits per heavy atom. The Balaban J connectivity index is 2.23. The average molecular weight is 275 g/mol. The lowest BCUT2D eigenvalue weighted by molar-refractivity contribution is 0.103. The van der Waals surface area contributed by atoms with Gasteiger partial charge in [-0.05, 0) is 17.2 Å². The van der Waals surface area contributed by atoms with Gasteiger partial charge in [0.05, 0.1) is 5.70 Å². The van der Waals surface area contributed by atoms with Crippen molar-refractivity contribution in [1.82, 2.24) is 0 Å². The Labute approximate surface area is 122 Å². The smallest absolute Gasteiger partial charge is 0.195 e. The van der Waals surface area contributed by atoms with Gasteiger partial charge < -0.3 is 0 Å². The summed E-state index contributed by atoms with van der Waals surface area (Å²) in [6.45, 7) is 0. The first-order chi connectivity index (χ1) is 10.3. The largest absolute Gasteiger partial charge is 0.289 e. The molecule has 4 heteroatoms. The lowest BCUT2D eigenvalue weighted by atomic mass is 10.1. The molecule has 2 aromatic rings. The van der Waals surface area contributed by atoms with E-state index in [1.807, 2.05) is 42.5 Å². The van der Waals surface area contributed by atoms with Crippen LogP contribution in [0.4, 0.5) is 0 Å². The van der Waals surface area contributed by atoms with E-state index in [0.29, 0.717) is 5.56 Å². The maximum atomic E-state index is 12.2. The van der Waals surface area contributed by atoms with Crippen LogP contribution in [0.25, 0.3) is 16.5 Å². The molecule has 0 saturated heterocycles. The Kier molecular flexibility index (Phi) is 5.10. The van der Waals surface area contributed by atoms with Crippen molar-refractivity contribution in [1.29, 1.82) is 0 Å². The molecule has 2 rings (SSSR count). The lowest BCUT2D eigenvalue weighted by Gasteiger charge is -1.99. The standard InChI is InChI=1S/C17H13N3O/c18-20-19-16(17(21)15-11-5-2-6-12-15)13-7-10-14-8-3-1-4-9-14/h1-13H. The van der Waals surface area contributed by atoms with E-state index >= 15 is 0 Å². The number of hydrogen-bond donors (Lipinski definition) is 0. The lowest BCUT2D eigenvalue weighted by Crippen LogP contribution is -2.00. The molecule has 0 amide bonds. The van der Waals surface area contributed by atoms with Gasteiger partial charge in [0.15, 0.2) is 5.78 Å². The zero-order valence-corrected chi connectivity index (χ0v) is 11.3. The number of allylic oxidation sites excluding steroid dienone is 3. The monoisotopic (exact) mass is 275 g/mol. The third-order valence-corrected chi connectivity index (χ3v) is 2.76. The van der Waals surface area contributed by atoms with Crippen LogP contribution < -0.4 is 0 Å². The van der Waals surface area contributed by atoms with Gasteiger partial charge in [0.2, 0.25) is 0 Å². The second kappa shape index (κ2) is 7.48. The molecule has 102 valence electrons. The fourth-order valence-corrected chi connectivity index (χ4v) is 1.75. The van der Waals surface area contributed by atoms with E-state index in [1.54, 1.807) is 30.3 Å². The number of nitrogens with zero attached hydrogens (tertiary/aromatic N) is 3. The number of hydrogen-bond acceptors (Lipinski definition) is 2. The molecule has 4 nitrogen and oxygen atoms in total. The summed E-state index contributed by atoms with van der Waals surface area (Å²) in [7, 11) is 0. The number of carbonyl (C=O) groups is 1. The fraction of sp³-hybridized carbons (Fsp3) is 0. The van der Waals surface area contributed by atoms with Crippen LogP contribution >= 0.6 is 0 Å². The highest BCUT2D eigenvalue weighted by Crippen LogP contribution is 2.11. The van der Waals surface area contributed by atoms with E-state index in [9.17, 15) is 4.79 Å². The van der Waals surface area contributed by atoms with Gasteiger partial charge >= 0.3 is 0 Å². The first-order valence-electron chi connectivity index (χ1n) is 6.39. The molecule has 0 unspecified atom stereocenters. The van der Waals surface area contributed by atoms with Gasteiger partial charge in [-0.3, -0.25) is 4.79 Å². The van der Waals surface area contributed by atoms with Crippen LogP contribution in [0, 0.1) is 0 Å². The molecular formula is C17H13N3O. The summed E-state index contributed by atoms with van der Waals surface area (Å²) < 4.78 is 0. The predicted molar refractivity (Wildman–Crippen MR) is 83.5 cm³/mol. The van der Waals surface area contributed by atoms with Gasteiger partial charge in [-0.2, -0.15) is 0 Å². The first-order valence-corrected chi connectivity index (χ1v) is 6.39. The molecule has 0 bridgehead atoms. The summed E-state index contributed by atoms with van der Waals surface area (Å²) in [5, 5.41) is 3.47. The predicted octanol–water partition coefficient (Wildman–Crippen LogP) is 4.78. The number of azide groups is 1. The van der Waals surface area contributed by atoms with Crippen LogP contribution in [0.1, 0.15) is 15.9 Å². The van der Waals surface area contributed by atoms with Gasteiger partial charge in [-0.15, -0.1) is 0 Å². The highest BCUT2D eigenvalue weighted by molar-refractivity contribution is 6.08. The molecule has 0 spiro atoms. The van der Waals surface area contributed by atoms with Crippen molar-refractivity contribution in [3.8, 4) is 0 Å². The third-order valence-electron chi connectivity index (χ3n) is 2.76. The molecule has 2 aromatic carbocycles. The first kappa shape index (κ1) is 14.3. The van der Waals surface area contributed by atoms with E-state index in [0.717, 1.165) is 5.56 Å². The van der Waals surface area contributed by atoms with Crippen molar-refractivity contribution in [3.63, 3.8) is 0 Å². The fourth-order valence-electron chi connectivity index (χ4n) is 1.75. The zero-order valence-electron chi connectivity index (χ0n) is 11.3. The van der Waals surface area contributed by atoms with Crippen molar-refractivity contribution < 1.29 is 4.79 Å². The topological polar surface area (TPSA) is 65.8 Å². The van der Waals surface area contributed by atoms with Crippen LogP contribution in [0.2, 0.25) is 0 Å². The second-order valence-electron chi connectivity index (χ2n) is 4.21. The highest BCUT2D eigenvalue weighted by Gasteiger charge is 2.09. The molecule has 0 heterocycles. The molecule has 0 aliphatic heterocycles. The Morgan fingerprint density at radius 3 is 2.24 bits per heavy atom. The Bertz CT molecular complexity index is 712. The zero-order chi connectivity index (χ0) is 14.9. The van der Waals surface area contributed by atoms with Crippen LogP contribution in [0.15, 0.2) is 83.6 Å². The van der Waals surface area contributed by atoms with Gasteiger partial charge in [-0.1, -0.05) is 77.9 Å². The minimum atomic E-state index is -0.300. The summed E-state index contributed by atoms with van der Waals surface area (Å²) >= 11 is 0. The third kappa shape index (κ3) is 4.20. The molecule has 0 radical (unpaired) electrons. The summed E-state index contributed by atoms with van der Waals surface area (Å²) in [6, 6.07) is 18.4. The van der Waals surface area contributed by atoms with Crippen molar-refractivity contribution in [2.45, 2.75) is 0 Å². The van der Waals surface area contributed by atoms with Crippen LogP contribution in [0.3, 0.4) is 0 Å². The maximum absolute atomic E-state index is 12.2. The van der Waals surface area contributed by atoms with E-state index in [2.05, 4.69) is 10.0 Å². The molecule has 0 aliphatic rings. The number of Topliss-reactive ketones (excluding diaryl/α,β-unsaturated/α-hetero) is 1. The van der Waals surface area contributed by atoms with Crippen molar-refractivity contribution >= 4 is 11.9 Å². The van der Waals surface area contributed by atoms with Crippen LogP contribution in [0.5, 0.6) is 0 Å². The summed E-state index contributed by atoms with van der Waals surface area (Å²) in [5.41, 5.74) is 10.1. The average Bonchev–Trinajstić information content (AvgIpc) is 2.55. The quantitative estimate of drug-likeness (QED) is 0.193. The number of ketones is 1. The normalized spacial score (nSPS) is 11.1. The van der Waals surface area contributed by atoms with E-state index in [4.69, 9.17) is 5.53 Å². The van der Waals surface area contributed by atoms with E-state index in [-0.39, 0.29) is 11.5 Å². The van der Waals surface area contributed by atoms with Crippen LogP contribution in [-0.4, -0.2) is 5.78 Å². The SMILES string of the molecule is [N-]=[N+]=NC(=CC=Cc1ccccc1)C(=O)c1ccccc1. The van der Waals surface area contributed by atoms with E-state index in [1.165, 1.54) is 6.08 Å². The molecule has 0 aromatic heterocycles. The molecular weight excluding hydrogens is 262 g/mol. The van der Waals surface area contributed by atoms with Crippen molar-refractivity contribution in [3.05, 3.63) is 100 Å². The molecule has 0 saturated carbocycles. The molecule has 0 atom stereocenters. The summed E-state index contributed by atoms with van der Waals surface area (Å²) in [5.74, 6) is -0.300.